The molecule has 0 spiro atoms. The number of carbonyl (C=O) groups excluding carboxylic acids is 1. The number of carbonyl (C=O) groups is 1. The van der Waals surface area contributed by atoms with Crippen LogP contribution in [0.1, 0.15) is 17.1 Å². The standard InChI is InChI=1S/C10H12N4OS/c1-6-8(4-11)10(14-7(2)13-6)16-5-9(15)12-3/h5H2,1-3H3,(H,12,15). The normalized spacial score (nSPS) is 9.62. The molecule has 1 aromatic rings. The zero-order valence-corrected chi connectivity index (χ0v) is 10.2. The van der Waals surface area contributed by atoms with E-state index in [1.807, 2.05) is 0 Å². The number of nitriles is 1. The number of thioether (sulfide) groups is 1. The lowest BCUT2D eigenvalue weighted by atomic mass is 10.3. The molecule has 0 atom stereocenters. The van der Waals surface area contributed by atoms with Gasteiger partial charge in [0.1, 0.15) is 22.5 Å². The first-order valence-electron chi connectivity index (χ1n) is 4.67. The largest absolute Gasteiger partial charge is 0.358 e. The van der Waals surface area contributed by atoms with Crippen LogP contribution in [0.15, 0.2) is 5.03 Å². The molecule has 1 amide bonds. The van der Waals surface area contributed by atoms with Crippen LogP contribution in [0.3, 0.4) is 0 Å². The molecule has 0 aliphatic carbocycles. The minimum absolute atomic E-state index is 0.0946. The first-order chi connectivity index (χ1) is 7.58. The molecule has 84 valence electrons. The van der Waals surface area contributed by atoms with E-state index >= 15 is 0 Å². The van der Waals surface area contributed by atoms with Gasteiger partial charge in [0.15, 0.2) is 0 Å². The number of amides is 1. The summed E-state index contributed by atoms with van der Waals surface area (Å²) in [6, 6.07) is 2.06. The van der Waals surface area contributed by atoms with Crippen molar-refractivity contribution in [2.24, 2.45) is 0 Å². The van der Waals surface area contributed by atoms with Gasteiger partial charge in [-0.05, 0) is 13.8 Å². The fourth-order valence-electron chi connectivity index (χ4n) is 1.12. The molecule has 0 aliphatic rings. The van der Waals surface area contributed by atoms with E-state index in [1.165, 1.54) is 11.8 Å². The van der Waals surface area contributed by atoms with Gasteiger partial charge in [-0.2, -0.15) is 5.26 Å². The Hall–Kier alpha value is -1.61. The second-order valence-corrected chi connectivity index (χ2v) is 4.07. The van der Waals surface area contributed by atoms with Gasteiger partial charge in [-0.25, -0.2) is 9.97 Å². The Bertz CT molecular complexity index is 453. The number of hydrogen-bond donors (Lipinski definition) is 1. The van der Waals surface area contributed by atoms with Gasteiger partial charge >= 0.3 is 0 Å². The third kappa shape index (κ3) is 2.94. The highest BCUT2D eigenvalue weighted by molar-refractivity contribution is 8.00. The summed E-state index contributed by atoms with van der Waals surface area (Å²) in [5.74, 6) is 0.764. The maximum atomic E-state index is 11.1. The Kier molecular flexibility index (Phi) is 4.26. The van der Waals surface area contributed by atoms with E-state index < -0.39 is 0 Å². The molecule has 0 fully saturated rings. The Morgan fingerprint density at radius 1 is 1.50 bits per heavy atom. The molecular weight excluding hydrogens is 224 g/mol. The molecule has 1 aromatic heterocycles. The van der Waals surface area contributed by atoms with Crippen molar-refractivity contribution in [1.29, 1.82) is 5.26 Å². The smallest absolute Gasteiger partial charge is 0.230 e. The van der Waals surface area contributed by atoms with E-state index in [9.17, 15) is 4.79 Å². The lowest BCUT2D eigenvalue weighted by Gasteiger charge is -2.05. The van der Waals surface area contributed by atoms with Crippen molar-refractivity contribution >= 4 is 17.7 Å². The zero-order chi connectivity index (χ0) is 12.1. The summed E-state index contributed by atoms with van der Waals surface area (Å²) in [5, 5.41) is 12.1. The molecule has 16 heavy (non-hydrogen) atoms. The summed E-state index contributed by atoms with van der Waals surface area (Å²) in [4.78, 5) is 19.4. The van der Waals surface area contributed by atoms with Crippen LogP contribution in [0.25, 0.3) is 0 Å². The molecule has 0 aliphatic heterocycles. The van der Waals surface area contributed by atoms with Crippen molar-refractivity contribution in [1.82, 2.24) is 15.3 Å². The molecule has 1 N–H and O–H groups in total. The number of aryl methyl sites for hydroxylation is 2. The van der Waals surface area contributed by atoms with E-state index in [4.69, 9.17) is 5.26 Å². The molecular formula is C10H12N4OS. The van der Waals surface area contributed by atoms with E-state index in [0.717, 1.165) is 0 Å². The molecule has 1 heterocycles. The Morgan fingerprint density at radius 2 is 2.19 bits per heavy atom. The molecule has 5 nitrogen and oxygen atoms in total. The van der Waals surface area contributed by atoms with Crippen molar-refractivity contribution in [2.75, 3.05) is 12.8 Å². The summed E-state index contributed by atoms with van der Waals surface area (Å²) in [6.45, 7) is 3.52. The monoisotopic (exact) mass is 236 g/mol. The number of aromatic nitrogens is 2. The second kappa shape index (κ2) is 5.47. The van der Waals surface area contributed by atoms with Crippen LogP contribution in [0.5, 0.6) is 0 Å². The van der Waals surface area contributed by atoms with Crippen LogP contribution in [0.2, 0.25) is 0 Å². The van der Waals surface area contributed by atoms with Crippen LogP contribution >= 0.6 is 11.8 Å². The third-order valence-electron chi connectivity index (χ3n) is 1.90. The summed E-state index contributed by atoms with van der Waals surface area (Å²) in [7, 11) is 1.57. The Balaban J connectivity index is 2.95. The van der Waals surface area contributed by atoms with E-state index in [-0.39, 0.29) is 11.7 Å². The summed E-state index contributed by atoms with van der Waals surface area (Å²) >= 11 is 1.25. The van der Waals surface area contributed by atoms with Crippen molar-refractivity contribution in [2.45, 2.75) is 18.9 Å². The van der Waals surface area contributed by atoms with Gasteiger partial charge < -0.3 is 5.32 Å². The molecule has 0 saturated heterocycles. The highest BCUT2D eigenvalue weighted by atomic mass is 32.2. The van der Waals surface area contributed by atoms with E-state index in [0.29, 0.717) is 22.1 Å². The molecule has 0 saturated carbocycles. The Labute approximate surface area is 98.3 Å². The minimum atomic E-state index is -0.0946. The maximum absolute atomic E-state index is 11.1. The van der Waals surface area contributed by atoms with E-state index in [2.05, 4.69) is 21.4 Å². The van der Waals surface area contributed by atoms with Gasteiger partial charge in [0.25, 0.3) is 0 Å². The summed E-state index contributed by atoms with van der Waals surface area (Å²) in [6.07, 6.45) is 0. The fourth-order valence-corrected chi connectivity index (χ4v) is 2.07. The maximum Gasteiger partial charge on any atom is 0.230 e. The highest BCUT2D eigenvalue weighted by Crippen LogP contribution is 2.21. The van der Waals surface area contributed by atoms with Crippen molar-refractivity contribution in [3.05, 3.63) is 17.1 Å². The van der Waals surface area contributed by atoms with Crippen LogP contribution in [0, 0.1) is 25.2 Å². The topological polar surface area (TPSA) is 78.7 Å². The predicted octanol–water partition coefficient (Wildman–Crippen LogP) is 0.803. The van der Waals surface area contributed by atoms with Crippen LogP contribution in [-0.4, -0.2) is 28.7 Å². The van der Waals surface area contributed by atoms with Crippen LogP contribution in [-0.2, 0) is 4.79 Å². The van der Waals surface area contributed by atoms with Crippen molar-refractivity contribution in [3.63, 3.8) is 0 Å². The van der Waals surface area contributed by atoms with Gasteiger partial charge in [0, 0.05) is 7.05 Å². The molecule has 6 heteroatoms. The Morgan fingerprint density at radius 3 is 2.75 bits per heavy atom. The van der Waals surface area contributed by atoms with Crippen LogP contribution in [0.4, 0.5) is 0 Å². The van der Waals surface area contributed by atoms with Gasteiger partial charge in [-0.1, -0.05) is 11.8 Å². The van der Waals surface area contributed by atoms with Crippen LogP contribution < -0.4 is 5.32 Å². The summed E-state index contributed by atoms with van der Waals surface area (Å²) < 4.78 is 0. The SMILES string of the molecule is CNC(=O)CSc1nc(C)nc(C)c1C#N. The lowest BCUT2D eigenvalue weighted by molar-refractivity contribution is -0.118. The van der Waals surface area contributed by atoms with Gasteiger partial charge in [0.05, 0.1) is 11.4 Å². The lowest BCUT2D eigenvalue weighted by Crippen LogP contribution is -2.20. The average Bonchev–Trinajstić information content (AvgIpc) is 2.25. The molecule has 0 radical (unpaired) electrons. The molecule has 0 aromatic carbocycles. The zero-order valence-electron chi connectivity index (χ0n) is 9.37. The van der Waals surface area contributed by atoms with Gasteiger partial charge in [-0.3, -0.25) is 4.79 Å². The number of nitrogens with zero attached hydrogens (tertiary/aromatic N) is 3. The molecule has 0 unspecified atom stereocenters. The first-order valence-corrected chi connectivity index (χ1v) is 5.65. The second-order valence-electron chi connectivity index (χ2n) is 3.11. The predicted molar refractivity (Wildman–Crippen MR) is 61.0 cm³/mol. The minimum Gasteiger partial charge on any atom is -0.358 e. The molecule has 0 bridgehead atoms. The third-order valence-corrected chi connectivity index (χ3v) is 2.87. The fraction of sp³-hybridized carbons (Fsp3) is 0.400. The number of hydrogen-bond acceptors (Lipinski definition) is 5. The van der Waals surface area contributed by atoms with E-state index in [1.54, 1.807) is 20.9 Å². The van der Waals surface area contributed by atoms with Gasteiger partial charge in [0.2, 0.25) is 5.91 Å². The van der Waals surface area contributed by atoms with Crippen molar-refractivity contribution < 1.29 is 4.79 Å². The highest BCUT2D eigenvalue weighted by Gasteiger charge is 2.11. The average molecular weight is 236 g/mol. The van der Waals surface area contributed by atoms with Crippen molar-refractivity contribution in [3.8, 4) is 6.07 Å². The summed E-state index contributed by atoms with van der Waals surface area (Å²) in [5.41, 5.74) is 1.09. The van der Waals surface area contributed by atoms with Gasteiger partial charge in [-0.15, -0.1) is 0 Å². The quantitative estimate of drug-likeness (QED) is 0.620. The first kappa shape index (κ1) is 12.5. The molecule has 1 rings (SSSR count). The number of nitrogens with one attached hydrogen (secondary N) is 1. The number of rotatable bonds is 3.